The number of aryl methyl sites for hydroxylation is 2. The quantitative estimate of drug-likeness (QED) is 0.481. The summed E-state index contributed by atoms with van der Waals surface area (Å²) in [7, 11) is 0. The number of ether oxygens (including phenoxy) is 1. The van der Waals surface area contributed by atoms with Crippen molar-refractivity contribution in [3.05, 3.63) is 32.2 Å². The van der Waals surface area contributed by atoms with Crippen LogP contribution >= 0.6 is 22.7 Å². The van der Waals surface area contributed by atoms with Crippen molar-refractivity contribution in [1.82, 2.24) is 9.97 Å². The van der Waals surface area contributed by atoms with E-state index in [1.165, 1.54) is 23.7 Å². The van der Waals surface area contributed by atoms with Crippen molar-refractivity contribution < 1.29 is 29.0 Å². The Bertz CT molecular complexity index is 765. The number of rotatable bonds is 5. The SMILES string of the molecule is CCOC(=O)C(=O)c1cnc(C)s1.Cc1ncc(C(=O)C(=O)O)s1. The molecule has 0 amide bonds. The number of nitrogens with zero attached hydrogens (tertiary/aromatic N) is 2. The van der Waals surface area contributed by atoms with E-state index in [0.717, 1.165) is 16.3 Å². The Morgan fingerprint density at radius 3 is 1.79 bits per heavy atom. The monoisotopic (exact) mass is 370 g/mol. The normalized spacial score (nSPS) is 9.62. The third kappa shape index (κ3) is 5.63. The number of esters is 1. The first-order chi connectivity index (χ1) is 11.3. The van der Waals surface area contributed by atoms with Gasteiger partial charge in [-0.05, 0) is 20.8 Å². The molecule has 2 aromatic heterocycles. The van der Waals surface area contributed by atoms with Gasteiger partial charge in [-0.1, -0.05) is 0 Å². The van der Waals surface area contributed by atoms with Crippen LogP contribution in [-0.2, 0) is 14.3 Å². The van der Waals surface area contributed by atoms with E-state index < -0.39 is 23.5 Å². The van der Waals surface area contributed by atoms with Crippen LogP contribution in [0, 0.1) is 13.8 Å². The first kappa shape index (κ1) is 19.6. The number of hydrogen-bond acceptors (Lipinski definition) is 9. The van der Waals surface area contributed by atoms with Crippen LogP contribution in [0.1, 0.15) is 36.3 Å². The van der Waals surface area contributed by atoms with Crippen molar-refractivity contribution in [3.8, 4) is 0 Å². The van der Waals surface area contributed by atoms with Crippen LogP contribution in [0.3, 0.4) is 0 Å². The lowest BCUT2D eigenvalue weighted by atomic mass is 10.3. The number of ketones is 2. The fourth-order valence-electron chi connectivity index (χ4n) is 1.34. The van der Waals surface area contributed by atoms with Gasteiger partial charge in [-0.3, -0.25) is 9.59 Å². The molecule has 0 saturated carbocycles. The van der Waals surface area contributed by atoms with Crippen molar-refractivity contribution >= 4 is 46.2 Å². The number of Topliss-reactive ketones (excluding diaryl/α,β-unsaturated/α-hetero) is 2. The Morgan fingerprint density at radius 2 is 1.46 bits per heavy atom. The van der Waals surface area contributed by atoms with E-state index in [2.05, 4.69) is 14.7 Å². The zero-order valence-electron chi connectivity index (χ0n) is 13.1. The molecule has 24 heavy (non-hydrogen) atoms. The van der Waals surface area contributed by atoms with Crippen LogP contribution in [0.4, 0.5) is 0 Å². The zero-order valence-corrected chi connectivity index (χ0v) is 14.7. The van der Waals surface area contributed by atoms with Gasteiger partial charge in [0.1, 0.15) is 9.75 Å². The lowest BCUT2D eigenvalue weighted by Crippen LogP contribution is -2.16. The Morgan fingerprint density at radius 1 is 1.00 bits per heavy atom. The summed E-state index contributed by atoms with van der Waals surface area (Å²) in [6.45, 7) is 5.35. The molecule has 0 spiro atoms. The highest BCUT2D eigenvalue weighted by atomic mass is 32.1. The first-order valence-electron chi connectivity index (χ1n) is 6.60. The van der Waals surface area contributed by atoms with Gasteiger partial charge in [0, 0.05) is 12.4 Å². The number of aliphatic carboxylic acids is 1. The summed E-state index contributed by atoms with van der Waals surface area (Å²) in [5, 5.41) is 9.72. The molecule has 0 aliphatic carbocycles. The van der Waals surface area contributed by atoms with Crippen molar-refractivity contribution in [1.29, 1.82) is 0 Å². The Labute approximate surface area is 145 Å². The van der Waals surface area contributed by atoms with E-state index >= 15 is 0 Å². The molecule has 2 heterocycles. The number of carbonyl (C=O) groups excluding carboxylic acids is 3. The molecule has 10 heteroatoms. The minimum Gasteiger partial charge on any atom is -0.475 e. The van der Waals surface area contributed by atoms with Crippen molar-refractivity contribution in [2.45, 2.75) is 20.8 Å². The van der Waals surface area contributed by atoms with Gasteiger partial charge in [0.2, 0.25) is 0 Å². The van der Waals surface area contributed by atoms with Crippen LogP contribution in [-0.4, -0.2) is 45.2 Å². The molecule has 2 rings (SSSR count). The summed E-state index contributed by atoms with van der Waals surface area (Å²) in [5.41, 5.74) is 0. The minimum atomic E-state index is -1.44. The summed E-state index contributed by atoms with van der Waals surface area (Å²) in [6.07, 6.45) is 2.66. The fourth-order valence-corrected chi connectivity index (χ4v) is 2.75. The van der Waals surface area contributed by atoms with Gasteiger partial charge in [0.15, 0.2) is 0 Å². The molecule has 0 aliphatic rings. The fraction of sp³-hybridized carbons (Fsp3) is 0.286. The Hall–Kier alpha value is -2.46. The van der Waals surface area contributed by atoms with Crippen LogP contribution in [0.15, 0.2) is 12.4 Å². The van der Waals surface area contributed by atoms with Crippen LogP contribution in [0.5, 0.6) is 0 Å². The first-order valence-corrected chi connectivity index (χ1v) is 8.23. The van der Waals surface area contributed by atoms with E-state index in [0.29, 0.717) is 9.88 Å². The maximum Gasteiger partial charge on any atom is 0.380 e. The van der Waals surface area contributed by atoms with Crippen LogP contribution in [0.2, 0.25) is 0 Å². The van der Waals surface area contributed by atoms with E-state index in [4.69, 9.17) is 5.11 Å². The number of thiazole rings is 2. The smallest absolute Gasteiger partial charge is 0.380 e. The molecule has 0 aliphatic heterocycles. The molecule has 0 aromatic carbocycles. The molecule has 0 unspecified atom stereocenters. The molecule has 0 radical (unpaired) electrons. The summed E-state index contributed by atoms with van der Waals surface area (Å²) >= 11 is 2.27. The summed E-state index contributed by atoms with van der Waals surface area (Å²) in [6, 6.07) is 0. The van der Waals surface area contributed by atoms with E-state index in [1.807, 2.05) is 0 Å². The van der Waals surface area contributed by atoms with Gasteiger partial charge >= 0.3 is 11.9 Å². The molecule has 0 atom stereocenters. The maximum absolute atomic E-state index is 11.2. The van der Waals surface area contributed by atoms with Gasteiger partial charge in [0.25, 0.3) is 11.6 Å². The maximum atomic E-state index is 11.2. The second-order valence-corrected chi connectivity index (χ2v) is 6.64. The van der Waals surface area contributed by atoms with Gasteiger partial charge in [-0.2, -0.15) is 0 Å². The highest BCUT2D eigenvalue weighted by Crippen LogP contribution is 2.13. The van der Waals surface area contributed by atoms with Gasteiger partial charge in [-0.15, -0.1) is 22.7 Å². The molecule has 0 fully saturated rings. The van der Waals surface area contributed by atoms with Gasteiger partial charge < -0.3 is 9.84 Å². The number of aromatic nitrogens is 2. The number of carboxylic acid groups (broad SMARTS) is 1. The van der Waals surface area contributed by atoms with Crippen LogP contribution in [0.25, 0.3) is 0 Å². The molecule has 0 bridgehead atoms. The second kappa shape index (κ2) is 8.99. The molecule has 1 N–H and O–H groups in total. The number of carboxylic acids is 1. The highest BCUT2D eigenvalue weighted by molar-refractivity contribution is 7.14. The third-order valence-corrected chi connectivity index (χ3v) is 4.17. The number of carbonyl (C=O) groups is 4. The van der Waals surface area contributed by atoms with Crippen molar-refractivity contribution in [2.75, 3.05) is 6.61 Å². The lowest BCUT2D eigenvalue weighted by molar-refractivity contribution is -0.137. The van der Waals surface area contributed by atoms with Gasteiger partial charge in [0.05, 0.1) is 16.6 Å². The molecule has 2 aromatic rings. The molecule has 128 valence electrons. The largest absolute Gasteiger partial charge is 0.475 e. The molecule has 0 saturated heterocycles. The zero-order chi connectivity index (χ0) is 18.3. The molecular formula is C14H14N2O6S2. The third-order valence-electron chi connectivity index (χ3n) is 2.35. The van der Waals surface area contributed by atoms with Gasteiger partial charge in [-0.25, -0.2) is 19.6 Å². The van der Waals surface area contributed by atoms with Crippen LogP contribution < -0.4 is 0 Å². The Balaban J connectivity index is 0.000000243. The molecular weight excluding hydrogens is 356 g/mol. The predicted molar refractivity (Wildman–Crippen MR) is 86.6 cm³/mol. The highest BCUT2D eigenvalue weighted by Gasteiger charge is 2.19. The van der Waals surface area contributed by atoms with E-state index in [-0.39, 0.29) is 11.5 Å². The average molecular weight is 370 g/mol. The lowest BCUT2D eigenvalue weighted by Gasteiger charge is -1.96. The van der Waals surface area contributed by atoms with Crippen molar-refractivity contribution in [2.24, 2.45) is 0 Å². The van der Waals surface area contributed by atoms with E-state index in [1.54, 1.807) is 20.8 Å². The summed E-state index contributed by atoms with van der Waals surface area (Å²) in [4.78, 5) is 51.2. The van der Waals surface area contributed by atoms with Crippen molar-refractivity contribution in [3.63, 3.8) is 0 Å². The minimum absolute atomic E-state index is 0.176. The summed E-state index contributed by atoms with van der Waals surface area (Å²) < 4.78 is 4.56. The average Bonchev–Trinajstić information content (AvgIpc) is 3.15. The Kier molecular flexibility index (Phi) is 7.33. The van der Waals surface area contributed by atoms with E-state index in [9.17, 15) is 19.2 Å². The standard InChI is InChI=1S/C8H9NO3S.C6H5NO3S/c1-3-12-8(11)7(10)6-4-9-5(2)13-6;1-3-7-2-4(11-3)5(8)6(9)10/h4H,3H2,1-2H3;2H,1H3,(H,9,10). The predicted octanol–water partition coefficient (Wildman–Crippen LogP) is 1.92. The summed E-state index contributed by atoms with van der Waals surface area (Å²) in [5.74, 6) is -3.76. The second-order valence-electron chi connectivity index (χ2n) is 4.17. The number of hydrogen-bond donors (Lipinski definition) is 1. The topological polar surface area (TPSA) is 124 Å². The molecule has 8 nitrogen and oxygen atoms in total.